The number of aromatic hydroxyl groups is 2. The SMILES string of the molecule is CC.CC.Oc1ccc(F)cc1.Oc1cccc(C(F)(F)F)c1.n1pnpnp1. The molecule has 29 heavy (non-hydrogen) atoms. The molecule has 0 saturated heterocycles. The number of aromatic nitrogens is 3. The summed E-state index contributed by atoms with van der Waals surface area (Å²) in [6.07, 6.45) is -4.38. The van der Waals surface area contributed by atoms with Crippen LogP contribution in [0.5, 0.6) is 11.5 Å². The van der Waals surface area contributed by atoms with Gasteiger partial charge in [0, 0.05) is 0 Å². The zero-order chi connectivity index (χ0) is 22.7. The smallest absolute Gasteiger partial charge is 0.416 e. The van der Waals surface area contributed by atoms with Gasteiger partial charge in [0.2, 0.25) is 0 Å². The van der Waals surface area contributed by atoms with Gasteiger partial charge in [-0.15, -0.1) is 0 Å². The molecule has 3 aromatic rings. The van der Waals surface area contributed by atoms with E-state index in [2.05, 4.69) is 13.5 Å². The molecule has 160 valence electrons. The van der Waals surface area contributed by atoms with Gasteiger partial charge in [-0.25, -0.2) is 4.39 Å². The largest absolute Gasteiger partial charge is 0.508 e. The summed E-state index contributed by atoms with van der Waals surface area (Å²) in [5.74, 6) is -0.617. The van der Waals surface area contributed by atoms with Crippen LogP contribution in [0.3, 0.4) is 0 Å². The molecule has 0 aliphatic carbocycles. The van der Waals surface area contributed by atoms with Crippen LogP contribution < -0.4 is 0 Å². The molecule has 1 heterocycles. The van der Waals surface area contributed by atoms with Gasteiger partial charge in [0.15, 0.2) is 25.5 Å². The van der Waals surface area contributed by atoms with Crippen molar-refractivity contribution in [3.8, 4) is 11.5 Å². The molecule has 5 nitrogen and oxygen atoms in total. The van der Waals surface area contributed by atoms with Crippen molar-refractivity contribution in [1.29, 1.82) is 0 Å². The van der Waals surface area contributed by atoms with Gasteiger partial charge in [0.25, 0.3) is 0 Å². The second-order valence-electron chi connectivity index (χ2n) is 4.06. The van der Waals surface area contributed by atoms with Crippen LogP contribution in [0.4, 0.5) is 17.6 Å². The van der Waals surface area contributed by atoms with Crippen molar-refractivity contribution >= 4 is 25.5 Å². The number of benzene rings is 2. The number of hydrogen-bond acceptors (Lipinski definition) is 5. The third-order valence-electron chi connectivity index (χ3n) is 2.24. The molecule has 0 fully saturated rings. The summed E-state index contributed by atoms with van der Waals surface area (Å²) in [6.45, 7) is 8.00. The first-order valence-corrected chi connectivity index (χ1v) is 10.7. The molecular formula is C17H22F4N3O2P3. The Morgan fingerprint density at radius 2 is 1.17 bits per heavy atom. The first-order chi connectivity index (χ1) is 13.8. The van der Waals surface area contributed by atoms with E-state index in [0.29, 0.717) is 6.07 Å². The highest BCUT2D eigenvalue weighted by Crippen LogP contribution is 2.30. The third-order valence-corrected chi connectivity index (χ3v) is 4.16. The molecule has 2 N–H and O–H groups in total. The van der Waals surface area contributed by atoms with E-state index in [9.17, 15) is 17.6 Å². The van der Waals surface area contributed by atoms with Gasteiger partial charge in [0.05, 0.1) is 5.56 Å². The minimum atomic E-state index is -4.38. The molecule has 0 aliphatic heterocycles. The Morgan fingerprint density at radius 1 is 0.724 bits per heavy atom. The molecule has 0 atom stereocenters. The number of phenols is 2. The number of phenolic OH excluding ortho intramolecular Hbond substituents is 2. The van der Waals surface area contributed by atoms with Crippen molar-refractivity contribution in [3.05, 3.63) is 59.9 Å². The Bertz CT molecular complexity index is 705. The fourth-order valence-corrected chi connectivity index (χ4v) is 3.06. The van der Waals surface area contributed by atoms with Crippen molar-refractivity contribution < 1.29 is 27.8 Å². The van der Waals surface area contributed by atoms with Crippen LogP contribution in [0.15, 0.2) is 48.5 Å². The molecule has 3 rings (SSSR count). The first-order valence-electron chi connectivity index (χ1n) is 8.30. The van der Waals surface area contributed by atoms with Crippen LogP contribution in [-0.4, -0.2) is 23.7 Å². The van der Waals surface area contributed by atoms with Gasteiger partial charge in [-0.05, 0) is 42.5 Å². The van der Waals surface area contributed by atoms with Gasteiger partial charge in [-0.2, -0.15) is 26.7 Å². The summed E-state index contributed by atoms with van der Waals surface area (Å²) < 4.78 is 58.9. The molecule has 12 heteroatoms. The lowest BCUT2D eigenvalue weighted by atomic mass is 10.2. The van der Waals surface area contributed by atoms with Crippen LogP contribution >= 0.6 is 25.5 Å². The minimum Gasteiger partial charge on any atom is -0.508 e. The summed E-state index contributed by atoms with van der Waals surface area (Å²) in [4.78, 5) is 0. The maximum Gasteiger partial charge on any atom is 0.416 e. The lowest BCUT2D eigenvalue weighted by Crippen LogP contribution is -2.03. The summed E-state index contributed by atoms with van der Waals surface area (Å²) in [7, 11) is 2.49. The van der Waals surface area contributed by atoms with E-state index in [-0.39, 0.29) is 17.3 Å². The van der Waals surface area contributed by atoms with E-state index in [1.165, 1.54) is 30.3 Å². The van der Waals surface area contributed by atoms with Gasteiger partial charge in [0.1, 0.15) is 17.3 Å². The second kappa shape index (κ2) is 18.1. The van der Waals surface area contributed by atoms with Gasteiger partial charge < -0.3 is 10.2 Å². The second-order valence-corrected chi connectivity index (χ2v) is 6.74. The lowest BCUT2D eigenvalue weighted by molar-refractivity contribution is -0.137. The van der Waals surface area contributed by atoms with E-state index < -0.39 is 11.7 Å². The minimum absolute atomic E-state index is 0.0893. The summed E-state index contributed by atoms with van der Waals surface area (Å²) in [5, 5.41) is 17.3. The van der Waals surface area contributed by atoms with E-state index in [0.717, 1.165) is 37.7 Å². The molecule has 0 bridgehead atoms. The number of halogens is 4. The van der Waals surface area contributed by atoms with Crippen LogP contribution in [0.2, 0.25) is 0 Å². The van der Waals surface area contributed by atoms with Crippen molar-refractivity contribution in [1.82, 2.24) is 13.5 Å². The Balaban J connectivity index is 0. The fraction of sp³-hybridized carbons (Fsp3) is 0.294. The Kier molecular flexibility index (Phi) is 18.3. The molecule has 2 aromatic carbocycles. The van der Waals surface area contributed by atoms with Crippen LogP contribution in [-0.2, 0) is 6.18 Å². The molecule has 0 unspecified atom stereocenters. The van der Waals surface area contributed by atoms with Gasteiger partial charge in [-0.1, -0.05) is 33.8 Å². The summed E-state index contributed by atoms with van der Waals surface area (Å²) in [6, 6.07) is 8.93. The molecule has 0 spiro atoms. The third kappa shape index (κ3) is 16.7. The highest BCUT2D eigenvalue weighted by atomic mass is 31.1. The predicted molar refractivity (Wildman–Crippen MR) is 111 cm³/mol. The normalized spacial score (nSPS) is 9.79. The average Bonchev–Trinajstić information content (AvgIpc) is 2.75. The molecule has 0 radical (unpaired) electrons. The number of rotatable bonds is 0. The lowest BCUT2D eigenvalue weighted by Gasteiger charge is -2.05. The highest BCUT2D eigenvalue weighted by molar-refractivity contribution is 7.43. The maximum atomic E-state index is 12.0. The van der Waals surface area contributed by atoms with E-state index in [1.54, 1.807) is 0 Å². The molecular weight excluding hydrogens is 447 g/mol. The number of alkyl halides is 3. The van der Waals surface area contributed by atoms with Gasteiger partial charge in [-0.3, -0.25) is 0 Å². The summed E-state index contributed by atoms with van der Waals surface area (Å²) >= 11 is 0. The van der Waals surface area contributed by atoms with Crippen LogP contribution in [0, 0.1) is 5.82 Å². The van der Waals surface area contributed by atoms with E-state index in [1.807, 2.05) is 27.7 Å². The Morgan fingerprint density at radius 3 is 1.45 bits per heavy atom. The maximum absolute atomic E-state index is 12.0. The van der Waals surface area contributed by atoms with E-state index in [4.69, 9.17) is 10.2 Å². The number of nitrogens with zero attached hydrogens (tertiary/aromatic N) is 3. The molecule has 0 saturated carbocycles. The van der Waals surface area contributed by atoms with Crippen molar-refractivity contribution in [2.24, 2.45) is 0 Å². The van der Waals surface area contributed by atoms with E-state index >= 15 is 0 Å². The van der Waals surface area contributed by atoms with Crippen molar-refractivity contribution in [2.75, 3.05) is 0 Å². The predicted octanol–water partition coefficient (Wildman–Crippen LogP) is 7.61. The fourth-order valence-electron chi connectivity index (χ4n) is 1.23. The standard InChI is InChI=1S/C7H5F3O.C6H5FO.2C2H6.N3P3/c8-7(9,10)5-2-1-3-6(11)4-5;7-5-1-3-6(8)4-2-5;2*1-2;1-4-2-6-3-5-1/h1-4,11H;1-4,8H;2*1-2H3;. The molecule has 0 aliphatic rings. The first kappa shape index (κ1) is 29.3. The Hall–Kier alpha value is -1.94. The Labute approximate surface area is 172 Å². The summed E-state index contributed by atoms with van der Waals surface area (Å²) in [5.41, 5.74) is -0.836. The van der Waals surface area contributed by atoms with Gasteiger partial charge >= 0.3 is 6.18 Å². The zero-order valence-corrected chi connectivity index (χ0v) is 18.9. The van der Waals surface area contributed by atoms with Crippen LogP contribution in [0.1, 0.15) is 33.3 Å². The quantitative estimate of drug-likeness (QED) is 0.332. The average molecular weight is 469 g/mol. The zero-order valence-electron chi connectivity index (χ0n) is 16.2. The highest BCUT2D eigenvalue weighted by Gasteiger charge is 2.30. The van der Waals surface area contributed by atoms with Crippen molar-refractivity contribution in [3.63, 3.8) is 0 Å². The van der Waals surface area contributed by atoms with Crippen LogP contribution in [0.25, 0.3) is 0 Å². The molecule has 1 aromatic heterocycles. The number of hydrogen-bond donors (Lipinski definition) is 2. The monoisotopic (exact) mass is 469 g/mol. The molecule has 0 amide bonds. The topological polar surface area (TPSA) is 79.1 Å². The van der Waals surface area contributed by atoms with Crippen molar-refractivity contribution in [2.45, 2.75) is 33.9 Å².